The van der Waals surface area contributed by atoms with Crippen molar-refractivity contribution in [2.45, 2.75) is 101 Å². The topological polar surface area (TPSA) is 66.4 Å². The Labute approximate surface area is 208 Å². The van der Waals surface area contributed by atoms with Gasteiger partial charge in [-0.05, 0) is 55.1 Å². The molecule has 0 saturated carbocycles. The summed E-state index contributed by atoms with van der Waals surface area (Å²) < 4.78 is 70.4. The number of ether oxygens (including phenoxy) is 4. The molecule has 1 aromatic carbocycles. The van der Waals surface area contributed by atoms with E-state index >= 15 is 0 Å². The third kappa shape index (κ3) is 8.16. The molecule has 1 aliphatic heterocycles. The van der Waals surface area contributed by atoms with E-state index in [1.54, 1.807) is 7.11 Å². The van der Waals surface area contributed by atoms with Gasteiger partial charge in [0.25, 0.3) is 0 Å². The molecule has 0 bridgehead atoms. The molecule has 1 heterocycles. The maximum absolute atomic E-state index is 13.9. The van der Waals surface area contributed by atoms with Crippen LogP contribution in [0, 0.1) is 0 Å². The molecule has 35 heavy (non-hydrogen) atoms. The van der Waals surface area contributed by atoms with Gasteiger partial charge in [-0.3, -0.25) is 0 Å². The quantitative estimate of drug-likeness (QED) is 0.367. The molecule has 0 aliphatic carbocycles. The van der Waals surface area contributed by atoms with Crippen molar-refractivity contribution in [2.75, 3.05) is 20.8 Å². The Morgan fingerprint density at radius 1 is 1.00 bits per heavy atom. The van der Waals surface area contributed by atoms with Gasteiger partial charge in [0.05, 0.1) is 25.9 Å². The van der Waals surface area contributed by atoms with E-state index in [4.69, 9.17) is 23.4 Å². The third-order valence-electron chi connectivity index (χ3n) is 7.02. The molecule has 6 nitrogen and oxygen atoms in total. The fraction of sp³-hybridized carbons (Fsp3) is 0.760. The third-order valence-corrected chi connectivity index (χ3v) is 11.5. The van der Waals surface area contributed by atoms with Gasteiger partial charge < -0.3 is 28.5 Å². The SMILES string of the molecule is COc1ccc(COC2C(CCO)OC(CCC(O[Si](C)(C)C(C)(C)C)C(F)(F)F)C2OC)cc1. The normalized spacial score (nSPS) is 24.5. The van der Waals surface area contributed by atoms with E-state index in [0.717, 1.165) is 11.3 Å². The molecule has 0 amide bonds. The van der Waals surface area contributed by atoms with E-state index in [9.17, 15) is 18.3 Å². The summed E-state index contributed by atoms with van der Waals surface area (Å²) in [6.45, 7) is 9.52. The number of aliphatic hydroxyl groups is 1. The van der Waals surface area contributed by atoms with Crippen LogP contribution in [-0.4, -0.2) is 70.9 Å². The number of methoxy groups -OCH3 is 2. The minimum atomic E-state index is -4.48. The first kappa shape index (κ1) is 30.1. The first-order valence-electron chi connectivity index (χ1n) is 12.0. The zero-order valence-electron chi connectivity index (χ0n) is 21.9. The number of benzene rings is 1. The number of aliphatic hydroxyl groups excluding tert-OH is 1. The predicted molar refractivity (Wildman–Crippen MR) is 130 cm³/mol. The summed E-state index contributed by atoms with van der Waals surface area (Å²) in [5.41, 5.74) is 0.909. The average Bonchev–Trinajstić information content (AvgIpc) is 3.10. The van der Waals surface area contributed by atoms with Crippen LogP contribution in [0.3, 0.4) is 0 Å². The lowest BCUT2D eigenvalue weighted by Gasteiger charge is -2.40. The van der Waals surface area contributed by atoms with Crippen LogP contribution in [-0.2, 0) is 25.2 Å². The summed E-state index contributed by atoms with van der Waals surface area (Å²) in [4.78, 5) is 0. The summed E-state index contributed by atoms with van der Waals surface area (Å²) in [7, 11) is 0.452. The zero-order valence-corrected chi connectivity index (χ0v) is 22.9. The molecule has 0 radical (unpaired) electrons. The lowest BCUT2D eigenvalue weighted by molar-refractivity contribution is -0.202. The summed E-state index contributed by atoms with van der Waals surface area (Å²) in [5.74, 6) is 0.727. The van der Waals surface area contributed by atoms with Crippen LogP contribution >= 0.6 is 0 Å². The van der Waals surface area contributed by atoms with Crippen LogP contribution in [0.15, 0.2) is 24.3 Å². The van der Waals surface area contributed by atoms with E-state index in [1.165, 1.54) is 7.11 Å². The molecule has 1 fully saturated rings. The summed E-state index contributed by atoms with van der Waals surface area (Å²) in [6, 6.07) is 7.40. The highest BCUT2D eigenvalue weighted by atomic mass is 28.4. The molecule has 5 atom stereocenters. The van der Waals surface area contributed by atoms with Crippen LogP contribution in [0.2, 0.25) is 18.1 Å². The van der Waals surface area contributed by atoms with E-state index < -0.39 is 45.0 Å². The molecule has 0 aromatic heterocycles. The standard InChI is InChI=1S/C25H41F3O6Si/c1-24(2,3)35(6,7)34-21(25(26,27)28)13-12-19-22(31-5)23(20(33-19)14-15-29)32-16-17-8-10-18(30-4)11-9-17/h8-11,19-23,29H,12-16H2,1-7H3. The van der Waals surface area contributed by atoms with Gasteiger partial charge in [0.1, 0.15) is 24.1 Å². The summed E-state index contributed by atoms with van der Waals surface area (Å²) in [5, 5.41) is 9.16. The van der Waals surface area contributed by atoms with Gasteiger partial charge in [-0.1, -0.05) is 32.9 Å². The van der Waals surface area contributed by atoms with Crippen molar-refractivity contribution in [1.82, 2.24) is 0 Å². The van der Waals surface area contributed by atoms with Crippen LogP contribution in [0.4, 0.5) is 13.2 Å². The van der Waals surface area contributed by atoms with Crippen molar-refractivity contribution in [2.24, 2.45) is 0 Å². The second-order valence-electron chi connectivity index (χ2n) is 10.5. The first-order chi connectivity index (χ1) is 16.2. The van der Waals surface area contributed by atoms with Crippen molar-refractivity contribution < 1.29 is 41.7 Å². The Morgan fingerprint density at radius 3 is 2.09 bits per heavy atom. The first-order valence-corrected chi connectivity index (χ1v) is 14.9. The van der Waals surface area contributed by atoms with E-state index in [-0.39, 0.29) is 31.1 Å². The molecule has 10 heteroatoms. The molecule has 5 unspecified atom stereocenters. The van der Waals surface area contributed by atoms with Gasteiger partial charge in [-0.2, -0.15) is 13.2 Å². The van der Waals surface area contributed by atoms with Gasteiger partial charge in [0, 0.05) is 13.7 Å². The zero-order chi connectivity index (χ0) is 26.4. The van der Waals surface area contributed by atoms with Gasteiger partial charge in [0.15, 0.2) is 8.32 Å². The molecular formula is C25H41F3O6Si. The number of rotatable bonds is 12. The van der Waals surface area contributed by atoms with Gasteiger partial charge >= 0.3 is 6.18 Å². The minimum Gasteiger partial charge on any atom is -0.497 e. The average molecular weight is 523 g/mol. The van der Waals surface area contributed by atoms with Crippen molar-refractivity contribution >= 4 is 8.32 Å². The highest BCUT2D eigenvalue weighted by molar-refractivity contribution is 6.74. The maximum Gasteiger partial charge on any atom is 0.413 e. The van der Waals surface area contributed by atoms with Gasteiger partial charge in [-0.25, -0.2) is 0 Å². The smallest absolute Gasteiger partial charge is 0.413 e. The summed E-state index contributed by atoms with van der Waals surface area (Å²) >= 11 is 0. The largest absolute Gasteiger partial charge is 0.497 e. The molecule has 2 rings (SSSR count). The van der Waals surface area contributed by atoms with E-state index in [1.807, 2.05) is 58.1 Å². The Morgan fingerprint density at radius 2 is 1.60 bits per heavy atom. The van der Waals surface area contributed by atoms with Crippen molar-refractivity contribution in [1.29, 1.82) is 0 Å². The lowest BCUT2D eigenvalue weighted by atomic mass is 10.0. The Hall–Kier alpha value is -1.17. The van der Waals surface area contributed by atoms with Gasteiger partial charge in [0.2, 0.25) is 0 Å². The van der Waals surface area contributed by atoms with E-state index in [2.05, 4.69) is 0 Å². The maximum atomic E-state index is 13.9. The second-order valence-corrected chi connectivity index (χ2v) is 15.3. The molecule has 1 N–H and O–H groups in total. The van der Waals surface area contributed by atoms with Crippen molar-refractivity contribution in [3.63, 3.8) is 0 Å². The summed E-state index contributed by atoms with van der Waals surface area (Å²) in [6.07, 6.45) is -8.38. The van der Waals surface area contributed by atoms with Gasteiger partial charge in [-0.15, -0.1) is 0 Å². The number of hydrogen-bond acceptors (Lipinski definition) is 6. The molecule has 0 spiro atoms. The monoisotopic (exact) mass is 522 g/mol. The fourth-order valence-electron chi connectivity index (χ4n) is 3.93. The highest BCUT2D eigenvalue weighted by Gasteiger charge is 2.50. The minimum absolute atomic E-state index is 0.0988. The number of hydrogen-bond donors (Lipinski definition) is 1. The fourth-order valence-corrected chi connectivity index (χ4v) is 5.25. The molecule has 202 valence electrons. The molecule has 1 saturated heterocycles. The van der Waals surface area contributed by atoms with E-state index in [0.29, 0.717) is 6.42 Å². The van der Waals surface area contributed by atoms with Crippen LogP contribution in [0.5, 0.6) is 5.75 Å². The van der Waals surface area contributed by atoms with Crippen molar-refractivity contribution in [3.8, 4) is 5.75 Å². The van der Waals surface area contributed by atoms with Crippen LogP contribution in [0.1, 0.15) is 45.6 Å². The lowest BCUT2D eigenvalue weighted by Crippen LogP contribution is -2.48. The Balaban J connectivity index is 2.10. The second kappa shape index (κ2) is 12.4. The molecule has 1 aromatic rings. The molecule has 1 aliphatic rings. The van der Waals surface area contributed by atoms with Crippen LogP contribution < -0.4 is 4.74 Å². The van der Waals surface area contributed by atoms with Crippen molar-refractivity contribution in [3.05, 3.63) is 29.8 Å². The molecular weight excluding hydrogens is 481 g/mol. The number of alkyl halides is 3. The Bertz CT molecular complexity index is 766. The Kier molecular flexibility index (Phi) is 10.6. The predicted octanol–water partition coefficient (Wildman–Crippen LogP) is 5.48. The number of halogens is 3. The van der Waals surface area contributed by atoms with Crippen LogP contribution in [0.25, 0.3) is 0 Å². The highest BCUT2D eigenvalue weighted by Crippen LogP contribution is 2.41.